The van der Waals surface area contributed by atoms with E-state index in [1.807, 2.05) is 42.5 Å². The van der Waals surface area contributed by atoms with Gasteiger partial charge in [0.05, 0.1) is 13.2 Å². The molecule has 0 amide bonds. The summed E-state index contributed by atoms with van der Waals surface area (Å²) in [6, 6.07) is 28.8. The van der Waals surface area contributed by atoms with Gasteiger partial charge in [-0.2, -0.15) is 0 Å². The number of halogens is 2. The Morgan fingerprint density at radius 3 is 1.79 bits per heavy atom. The molecule has 1 heterocycles. The molecule has 1 fully saturated rings. The van der Waals surface area contributed by atoms with Gasteiger partial charge in [0.25, 0.3) is 0 Å². The van der Waals surface area contributed by atoms with Crippen molar-refractivity contribution in [2.75, 3.05) is 45.9 Å². The van der Waals surface area contributed by atoms with Gasteiger partial charge >= 0.3 is 0 Å². The summed E-state index contributed by atoms with van der Waals surface area (Å²) >= 11 is 0. The van der Waals surface area contributed by atoms with E-state index in [9.17, 15) is 0 Å². The Kier molecular flexibility index (Phi) is 13.0. The molecule has 3 aromatic rings. The Balaban J connectivity index is 0.00000204. The van der Waals surface area contributed by atoms with Crippen LogP contribution in [-0.4, -0.2) is 55.7 Å². The summed E-state index contributed by atoms with van der Waals surface area (Å²) < 4.78 is 11.8. The van der Waals surface area contributed by atoms with Crippen LogP contribution in [0.2, 0.25) is 0 Å². The number of nitrogens with zero attached hydrogens (tertiary/aromatic N) is 2. The molecule has 1 aliphatic rings. The fourth-order valence-electron chi connectivity index (χ4n) is 4.05. The van der Waals surface area contributed by atoms with Crippen LogP contribution in [0.15, 0.2) is 84.9 Å². The molecule has 0 unspecified atom stereocenters. The molecule has 3 aromatic carbocycles. The SMILES string of the molecule is Cl.Cl.c1ccc(CCCN2CCN(CCOCc3ccc(Oc4ccccc4)cc3)CC2)cc1. The molecular weight excluding hydrogens is 467 g/mol. The van der Waals surface area contributed by atoms with Crippen LogP contribution in [0.25, 0.3) is 0 Å². The maximum absolute atomic E-state index is 5.93. The van der Waals surface area contributed by atoms with E-state index in [1.54, 1.807) is 0 Å². The van der Waals surface area contributed by atoms with Crippen LogP contribution in [-0.2, 0) is 17.8 Å². The molecule has 0 aromatic heterocycles. The van der Waals surface area contributed by atoms with Crippen molar-refractivity contribution in [3.8, 4) is 11.5 Å². The minimum atomic E-state index is 0. The zero-order chi connectivity index (χ0) is 21.8. The van der Waals surface area contributed by atoms with E-state index in [2.05, 4.69) is 52.3 Å². The number of benzene rings is 3. The van der Waals surface area contributed by atoms with Gasteiger partial charge in [-0.25, -0.2) is 0 Å². The zero-order valence-corrected chi connectivity index (χ0v) is 21.3. The second kappa shape index (κ2) is 15.8. The molecule has 4 rings (SSSR count). The Morgan fingerprint density at radius 2 is 1.15 bits per heavy atom. The highest BCUT2D eigenvalue weighted by atomic mass is 35.5. The molecule has 1 saturated heterocycles. The van der Waals surface area contributed by atoms with E-state index >= 15 is 0 Å². The van der Waals surface area contributed by atoms with Crippen LogP contribution in [0, 0.1) is 0 Å². The Labute approximate surface area is 216 Å². The third kappa shape index (κ3) is 9.65. The van der Waals surface area contributed by atoms with Gasteiger partial charge in [-0.15, -0.1) is 24.8 Å². The smallest absolute Gasteiger partial charge is 0.127 e. The minimum Gasteiger partial charge on any atom is -0.457 e. The van der Waals surface area contributed by atoms with E-state index in [0.29, 0.717) is 6.61 Å². The highest BCUT2D eigenvalue weighted by molar-refractivity contribution is 5.85. The lowest BCUT2D eigenvalue weighted by molar-refractivity contribution is 0.0682. The quantitative estimate of drug-likeness (QED) is 0.296. The number of para-hydroxylation sites is 1. The summed E-state index contributed by atoms with van der Waals surface area (Å²) in [6.07, 6.45) is 2.41. The van der Waals surface area contributed by atoms with Crippen LogP contribution < -0.4 is 4.74 Å². The first-order valence-electron chi connectivity index (χ1n) is 11.7. The molecule has 0 N–H and O–H groups in total. The molecule has 6 heteroatoms. The molecular formula is C28H36Cl2N2O2. The van der Waals surface area contributed by atoms with Gasteiger partial charge in [0.1, 0.15) is 11.5 Å². The first kappa shape index (κ1) is 28.2. The van der Waals surface area contributed by atoms with E-state index in [4.69, 9.17) is 9.47 Å². The van der Waals surface area contributed by atoms with E-state index in [0.717, 1.165) is 50.8 Å². The van der Waals surface area contributed by atoms with Gasteiger partial charge in [-0.05, 0) is 54.8 Å². The van der Waals surface area contributed by atoms with Crippen molar-refractivity contribution in [3.63, 3.8) is 0 Å². The van der Waals surface area contributed by atoms with Crippen molar-refractivity contribution in [2.24, 2.45) is 0 Å². The first-order chi connectivity index (χ1) is 15.8. The predicted octanol–water partition coefficient (Wildman–Crippen LogP) is 6.09. The molecule has 0 bridgehead atoms. The van der Waals surface area contributed by atoms with Crippen molar-refractivity contribution in [1.82, 2.24) is 9.80 Å². The predicted molar refractivity (Wildman–Crippen MR) is 145 cm³/mol. The van der Waals surface area contributed by atoms with Gasteiger partial charge < -0.3 is 14.4 Å². The van der Waals surface area contributed by atoms with Crippen LogP contribution in [0.4, 0.5) is 0 Å². The Bertz CT molecular complexity index is 903. The Morgan fingerprint density at radius 1 is 0.588 bits per heavy atom. The second-order valence-corrected chi connectivity index (χ2v) is 8.38. The van der Waals surface area contributed by atoms with Crippen LogP contribution in [0.1, 0.15) is 17.5 Å². The van der Waals surface area contributed by atoms with Gasteiger partial charge in [-0.3, -0.25) is 4.90 Å². The van der Waals surface area contributed by atoms with Gasteiger partial charge in [-0.1, -0.05) is 60.7 Å². The van der Waals surface area contributed by atoms with Gasteiger partial charge in [0, 0.05) is 32.7 Å². The fraction of sp³-hybridized carbons (Fsp3) is 0.357. The highest BCUT2D eigenvalue weighted by Gasteiger charge is 2.16. The third-order valence-corrected chi connectivity index (χ3v) is 5.97. The summed E-state index contributed by atoms with van der Waals surface area (Å²) in [5.41, 5.74) is 2.62. The van der Waals surface area contributed by atoms with E-state index < -0.39 is 0 Å². The first-order valence-corrected chi connectivity index (χ1v) is 11.7. The minimum absolute atomic E-state index is 0. The van der Waals surface area contributed by atoms with Crippen molar-refractivity contribution in [1.29, 1.82) is 0 Å². The fourth-order valence-corrected chi connectivity index (χ4v) is 4.05. The van der Waals surface area contributed by atoms with Gasteiger partial charge in [0.2, 0.25) is 0 Å². The normalized spacial score (nSPS) is 14.1. The van der Waals surface area contributed by atoms with Gasteiger partial charge in [0.15, 0.2) is 0 Å². The number of hydrogen-bond donors (Lipinski definition) is 0. The molecule has 0 saturated carbocycles. The summed E-state index contributed by atoms with van der Waals surface area (Å²) in [7, 11) is 0. The number of rotatable bonds is 11. The van der Waals surface area contributed by atoms with Crippen LogP contribution in [0.3, 0.4) is 0 Å². The summed E-state index contributed by atoms with van der Waals surface area (Å²) in [5.74, 6) is 1.70. The molecule has 4 nitrogen and oxygen atoms in total. The average molecular weight is 504 g/mol. The molecule has 1 aliphatic heterocycles. The third-order valence-electron chi connectivity index (χ3n) is 5.97. The number of hydrogen-bond acceptors (Lipinski definition) is 4. The molecule has 0 radical (unpaired) electrons. The van der Waals surface area contributed by atoms with Crippen LogP contribution in [0.5, 0.6) is 11.5 Å². The molecule has 0 atom stereocenters. The summed E-state index contributed by atoms with van der Waals surface area (Å²) in [4.78, 5) is 5.11. The maximum Gasteiger partial charge on any atom is 0.127 e. The van der Waals surface area contributed by atoms with E-state index in [1.165, 1.54) is 30.5 Å². The lowest BCUT2D eigenvalue weighted by Gasteiger charge is -2.34. The average Bonchev–Trinajstić information content (AvgIpc) is 2.85. The van der Waals surface area contributed by atoms with Crippen molar-refractivity contribution < 1.29 is 9.47 Å². The van der Waals surface area contributed by atoms with Crippen molar-refractivity contribution in [2.45, 2.75) is 19.4 Å². The summed E-state index contributed by atoms with van der Waals surface area (Å²) in [6.45, 7) is 8.23. The largest absolute Gasteiger partial charge is 0.457 e. The maximum atomic E-state index is 5.93. The second-order valence-electron chi connectivity index (χ2n) is 8.38. The number of ether oxygens (including phenoxy) is 2. The Hall–Kier alpha value is -2.08. The molecule has 0 spiro atoms. The van der Waals surface area contributed by atoms with Crippen LogP contribution >= 0.6 is 24.8 Å². The van der Waals surface area contributed by atoms with E-state index in [-0.39, 0.29) is 24.8 Å². The topological polar surface area (TPSA) is 24.9 Å². The lowest BCUT2D eigenvalue weighted by atomic mass is 10.1. The van der Waals surface area contributed by atoms with Crippen molar-refractivity contribution in [3.05, 3.63) is 96.1 Å². The summed E-state index contributed by atoms with van der Waals surface area (Å²) in [5, 5.41) is 0. The standard InChI is InChI=1S/C28H34N2O2.2ClH/c1-3-8-25(9-4-1)10-7-17-29-18-20-30(21-19-29)22-23-31-24-26-13-15-28(16-14-26)32-27-11-5-2-6-12-27;;/h1-6,8-9,11-16H,7,10,17-24H2;2*1H. The monoisotopic (exact) mass is 502 g/mol. The molecule has 34 heavy (non-hydrogen) atoms. The number of aryl methyl sites for hydroxylation is 1. The molecule has 0 aliphatic carbocycles. The number of piperazine rings is 1. The lowest BCUT2D eigenvalue weighted by Crippen LogP contribution is -2.47. The highest BCUT2D eigenvalue weighted by Crippen LogP contribution is 2.21. The van der Waals surface area contributed by atoms with Crippen molar-refractivity contribution >= 4 is 24.8 Å². The molecule has 184 valence electrons. The zero-order valence-electron chi connectivity index (χ0n) is 19.7.